The highest BCUT2D eigenvalue weighted by molar-refractivity contribution is 6.32. The number of nitro groups is 1. The first-order valence-corrected chi connectivity index (χ1v) is 10.2. The van der Waals surface area contributed by atoms with Crippen LogP contribution in [0, 0.1) is 10.1 Å². The van der Waals surface area contributed by atoms with Gasteiger partial charge in [0.05, 0.1) is 17.1 Å². The summed E-state index contributed by atoms with van der Waals surface area (Å²) in [5.41, 5.74) is 0.263. The molecular formula is C22H25ClN2O8. The van der Waals surface area contributed by atoms with Crippen LogP contribution in [0.5, 0.6) is 11.5 Å². The van der Waals surface area contributed by atoms with Crippen LogP contribution in [0.25, 0.3) is 0 Å². The van der Waals surface area contributed by atoms with Gasteiger partial charge in [0.25, 0.3) is 5.69 Å². The van der Waals surface area contributed by atoms with E-state index in [0.29, 0.717) is 16.9 Å². The first kappa shape index (κ1) is 25.7. The van der Waals surface area contributed by atoms with Crippen LogP contribution >= 0.6 is 11.6 Å². The van der Waals surface area contributed by atoms with Gasteiger partial charge in [0.1, 0.15) is 29.7 Å². The van der Waals surface area contributed by atoms with E-state index in [0.717, 1.165) is 0 Å². The van der Waals surface area contributed by atoms with Gasteiger partial charge in [0.15, 0.2) is 0 Å². The first-order chi connectivity index (χ1) is 15.4. The normalized spacial score (nSPS) is 11.9. The van der Waals surface area contributed by atoms with Crippen LogP contribution in [0.3, 0.4) is 0 Å². The molecule has 2 rings (SSSR count). The highest BCUT2D eigenvalue weighted by atomic mass is 35.5. The van der Waals surface area contributed by atoms with E-state index in [-0.39, 0.29) is 29.5 Å². The highest BCUT2D eigenvalue weighted by Crippen LogP contribution is 2.30. The quantitative estimate of drug-likeness (QED) is 0.399. The summed E-state index contributed by atoms with van der Waals surface area (Å²) in [5.74, 6) is -0.486. The van der Waals surface area contributed by atoms with Gasteiger partial charge < -0.3 is 24.6 Å². The zero-order valence-electron chi connectivity index (χ0n) is 18.6. The minimum absolute atomic E-state index is 0.00573. The smallest absolute Gasteiger partial charge is 0.408 e. The molecule has 0 heterocycles. The summed E-state index contributed by atoms with van der Waals surface area (Å²) in [6.45, 7) is 5.03. The van der Waals surface area contributed by atoms with E-state index in [2.05, 4.69) is 5.32 Å². The third-order valence-electron chi connectivity index (χ3n) is 4.28. The highest BCUT2D eigenvalue weighted by Gasteiger charge is 2.24. The van der Waals surface area contributed by atoms with Crippen molar-refractivity contribution in [1.82, 2.24) is 5.32 Å². The molecule has 10 nitrogen and oxygen atoms in total. The predicted molar refractivity (Wildman–Crippen MR) is 120 cm³/mol. The number of alkyl carbamates (subject to hydrolysis) is 1. The van der Waals surface area contributed by atoms with Crippen LogP contribution in [-0.4, -0.2) is 40.8 Å². The minimum Gasteiger partial charge on any atom is -0.496 e. The van der Waals surface area contributed by atoms with Crippen molar-refractivity contribution in [3.8, 4) is 11.5 Å². The number of halogens is 1. The lowest BCUT2D eigenvalue weighted by Gasteiger charge is -2.22. The average molecular weight is 481 g/mol. The van der Waals surface area contributed by atoms with E-state index in [4.69, 9.17) is 25.8 Å². The number of nitrogens with one attached hydrogen (secondary N) is 1. The Labute approximate surface area is 195 Å². The second-order valence-corrected chi connectivity index (χ2v) is 8.46. The van der Waals surface area contributed by atoms with E-state index >= 15 is 0 Å². The molecule has 0 fully saturated rings. The molecule has 0 aliphatic carbocycles. The summed E-state index contributed by atoms with van der Waals surface area (Å²) in [5, 5.41) is 22.8. The molecular weight excluding hydrogens is 456 g/mol. The number of carbonyl (C=O) groups is 2. The van der Waals surface area contributed by atoms with Crippen molar-refractivity contribution < 1.29 is 33.8 Å². The van der Waals surface area contributed by atoms with Crippen molar-refractivity contribution in [3.63, 3.8) is 0 Å². The fourth-order valence-electron chi connectivity index (χ4n) is 2.83. The number of ether oxygens (including phenoxy) is 3. The van der Waals surface area contributed by atoms with E-state index in [9.17, 15) is 24.8 Å². The Morgan fingerprint density at radius 2 is 1.85 bits per heavy atom. The molecule has 0 saturated carbocycles. The largest absolute Gasteiger partial charge is 0.496 e. The van der Waals surface area contributed by atoms with Gasteiger partial charge >= 0.3 is 12.1 Å². The second-order valence-electron chi connectivity index (χ2n) is 8.05. The van der Waals surface area contributed by atoms with Gasteiger partial charge in [0.2, 0.25) is 0 Å². The van der Waals surface area contributed by atoms with Crippen molar-refractivity contribution in [1.29, 1.82) is 0 Å². The zero-order chi connectivity index (χ0) is 24.8. The summed E-state index contributed by atoms with van der Waals surface area (Å²) in [6.07, 6.45) is -0.844. The molecule has 0 bridgehead atoms. The molecule has 0 spiro atoms. The Balaban J connectivity index is 2.16. The van der Waals surface area contributed by atoms with Crippen molar-refractivity contribution in [2.24, 2.45) is 0 Å². The maximum atomic E-state index is 12.0. The standard InChI is InChI=1S/C22H25ClN2O8/c1-22(2,3)33-21(28)24-17(20(26)27)10-13-5-7-18(31-4)14(9-13)12-32-19-8-6-15(25(29)30)11-16(19)23/h5-9,11,17H,10,12H2,1-4H3,(H,24,28)(H,26,27). The third kappa shape index (κ3) is 7.83. The molecule has 2 N–H and O–H groups in total. The van der Waals surface area contributed by atoms with Crippen LogP contribution in [0.4, 0.5) is 10.5 Å². The Morgan fingerprint density at radius 3 is 2.39 bits per heavy atom. The number of hydrogen-bond acceptors (Lipinski definition) is 7. The number of non-ortho nitro benzene ring substituents is 1. The van der Waals surface area contributed by atoms with Gasteiger partial charge in [-0.2, -0.15) is 0 Å². The van der Waals surface area contributed by atoms with Crippen LogP contribution < -0.4 is 14.8 Å². The van der Waals surface area contributed by atoms with Gasteiger partial charge in [-0.3, -0.25) is 10.1 Å². The zero-order valence-corrected chi connectivity index (χ0v) is 19.3. The molecule has 178 valence electrons. The summed E-state index contributed by atoms with van der Waals surface area (Å²) < 4.78 is 16.1. The van der Waals surface area contributed by atoms with E-state index in [1.54, 1.807) is 39.0 Å². The molecule has 0 aliphatic heterocycles. The molecule has 33 heavy (non-hydrogen) atoms. The Morgan fingerprint density at radius 1 is 1.18 bits per heavy atom. The molecule has 11 heteroatoms. The van der Waals surface area contributed by atoms with E-state index in [1.165, 1.54) is 25.3 Å². The summed E-state index contributed by atoms with van der Waals surface area (Å²) in [6, 6.07) is 7.64. The fourth-order valence-corrected chi connectivity index (χ4v) is 3.06. The number of nitrogens with zero attached hydrogens (tertiary/aromatic N) is 1. The predicted octanol–water partition coefficient (Wildman–Crippen LogP) is 4.36. The number of hydrogen-bond donors (Lipinski definition) is 2. The monoisotopic (exact) mass is 480 g/mol. The molecule has 2 aromatic rings. The third-order valence-corrected chi connectivity index (χ3v) is 4.58. The van der Waals surface area contributed by atoms with Gasteiger partial charge in [-0.05, 0) is 44.5 Å². The van der Waals surface area contributed by atoms with Gasteiger partial charge in [0, 0.05) is 24.1 Å². The van der Waals surface area contributed by atoms with Crippen molar-refractivity contribution in [2.75, 3.05) is 7.11 Å². The van der Waals surface area contributed by atoms with Gasteiger partial charge in [-0.1, -0.05) is 17.7 Å². The number of carboxylic acid groups (broad SMARTS) is 1. The number of aliphatic carboxylic acids is 1. The Kier molecular flexibility index (Phi) is 8.47. The summed E-state index contributed by atoms with van der Waals surface area (Å²) >= 11 is 6.06. The second kappa shape index (κ2) is 10.9. The van der Waals surface area contributed by atoms with Gasteiger partial charge in [-0.15, -0.1) is 0 Å². The Bertz CT molecular complexity index is 1040. The molecule has 0 radical (unpaired) electrons. The molecule has 1 unspecified atom stereocenters. The van der Waals surface area contributed by atoms with E-state index < -0.39 is 28.6 Å². The van der Waals surface area contributed by atoms with Crippen molar-refractivity contribution in [2.45, 2.75) is 45.4 Å². The van der Waals surface area contributed by atoms with E-state index in [1.807, 2.05) is 0 Å². The molecule has 1 amide bonds. The molecule has 0 aliphatic rings. The lowest BCUT2D eigenvalue weighted by Crippen LogP contribution is -2.44. The number of nitro benzene ring substituents is 1. The van der Waals surface area contributed by atoms with Crippen LogP contribution in [0.15, 0.2) is 36.4 Å². The Hall–Kier alpha value is -3.53. The minimum atomic E-state index is -1.22. The fraction of sp³-hybridized carbons (Fsp3) is 0.364. The number of benzene rings is 2. The van der Waals surface area contributed by atoms with Crippen molar-refractivity contribution in [3.05, 3.63) is 62.7 Å². The molecule has 0 aromatic heterocycles. The molecule has 0 saturated heterocycles. The van der Waals surface area contributed by atoms with Gasteiger partial charge in [-0.25, -0.2) is 9.59 Å². The first-order valence-electron chi connectivity index (χ1n) is 9.84. The number of methoxy groups -OCH3 is 1. The maximum Gasteiger partial charge on any atom is 0.408 e. The SMILES string of the molecule is COc1ccc(CC(NC(=O)OC(C)(C)C)C(=O)O)cc1COc1ccc([N+](=O)[O-])cc1Cl. The average Bonchev–Trinajstić information content (AvgIpc) is 2.71. The lowest BCUT2D eigenvalue weighted by atomic mass is 10.0. The molecule has 1 atom stereocenters. The van der Waals surface area contributed by atoms with Crippen LogP contribution in [0.1, 0.15) is 31.9 Å². The van der Waals surface area contributed by atoms with Crippen LogP contribution in [0.2, 0.25) is 5.02 Å². The van der Waals surface area contributed by atoms with Crippen molar-refractivity contribution >= 4 is 29.4 Å². The summed E-state index contributed by atoms with van der Waals surface area (Å²) in [4.78, 5) is 33.9. The topological polar surface area (TPSA) is 137 Å². The lowest BCUT2D eigenvalue weighted by molar-refractivity contribution is -0.384. The maximum absolute atomic E-state index is 12.0. The van der Waals surface area contributed by atoms with Crippen LogP contribution in [-0.2, 0) is 22.6 Å². The molecule has 2 aromatic carbocycles. The number of carboxylic acids is 1. The summed E-state index contributed by atoms with van der Waals surface area (Å²) in [7, 11) is 1.47. The number of amides is 1. The number of carbonyl (C=O) groups excluding carboxylic acids is 1. The number of rotatable bonds is 9.